The van der Waals surface area contributed by atoms with Crippen molar-refractivity contribution in [2.24, 2.45) is 0 Å². The molecule has 1 aromatic carbocycles. The maximum atomic E-state index is 9.13. The molecule has 1 aromatic heterocycles. The molecule has 2 aromatic rings. The van der Waals surface area contributed by atoms with Gasteiger partial charge in [-0.15, -0.1) is 0 Å². The van der Waals surface area contributed by atoms with Gasteiger partial charge < -0.3 is 10.8 Å². The van der Waals surface area contributed by atoms with Crippen LogP contribution in [0.25, 0.3) is 12.2 Å². The molecule has 0 aliphatic carbocycles. The number of hydrogen-bond acceptors (Lipinski definition) is 3. The van der Waals surface area contributed by atoms with Crippen molar-refractivity contribution in [3.63, 3.8) is 0 Å². The molecule has 0 saturated heterocycles. The van der Waals surface area contributed by atoms with Gasteiger partial charge in [-0.3, -0.25) is 4.98 Å². The SMILES string of the molecule is Nc1cccnc1C=Cc1ccc(O)cc1. The van der Waals surface area contributed by atoms with Gasteiger partial charge in [-0.2, -0.15) is 0 Å². The van der Waals surface area contributed by atoms with Gasteiger partial charge in [0.25, 0.3) is 0 Å². The highest BCUT2D eigenvalue weighted by molar-refractivity contribution is 5.73. The van der Waals surface area contributed by atoms with E-state index in [-0.39, 0.29) is 5.75 Å². The van der Waals surface area contributed by atoms with Crippen molar-refractivity contribution in [3.05, 3.63) is 53.9 Å². The predicted octanol–water partition coefficient (Wildman–Crippen LogP) is 2.54. The maximum Gasteiger partial charge on any atom is 0.115 e. The normalized spacial score (nSPS) is 10.8. The Hall–Kier alpha value is -2.29. The van der Waals surface area contributed by atoms with Crippen LogP contribution in [-0.2, 0) is 0 Å². The van der Waals surface area contributed by atoms with Crippen molar-refractivity contribution in [1.29, 1.82) is 0 Å². The van der Waals surface area contributed by atoms with E-state index < -0.39 is 0 Å². The summed E-state index contributed by atoms with van der Waals surface area (Å²) in [5.41, 5.74) is 8.14. The molecule has 0 amide bonds. The summed E-state index contributed by atoms with van der Waals surface area (Å²) in [6.07, 6.45) is 5.45. The van der Waals surface area contributed by atoms with Crippen LogP contribution in [0.1, 0.15) is 11.3 Å². The summed E-state index contributed by atoms with van der Waals surface area (Å²) in [4.78, 5) is 4.15. The van der Waals surface area contributed by atoms with Gasteiger partial charge in [0.15, 0.2) is 0 Å². The summed E-state index contributed by atoms with van der Waals surface area (Å²) in [6.45, 7) is 0. The number of nitrogens with two attached hydrogens (primary N) is 1. The Morgan fingerprint density at radius 2 is 1.81 bits per heavy atom. The van der Waals surface area contributed by atoms with Crippen LogP contribution in [0.5, 0.6) is 5.75 Å². The third-order valence-corrected chi connectivity index (χ3v) is 2.20. The Morgan fingerprint density at radius 3 is 2.50 bits per heavy atom. The van der Waals surface area contributed by atoms with Crippen LogP contribution >= 0.6 is 0 Å². The fraction of sp³-hybridized carbons (Fsp3) is 0. The first-order valence-electron chi connectivity index (χ1n) is 4.93. The van der Waals surface area contributed by atoms with Crippen molar-refractivity contribution in [2.45, 2.75) is 0 Å². The lowest BCUT2D eigenvalue weighted by Gasteiger charge is -1.98. The summed E-state index contributed by atoms with van der Waals surface area (Å²) in [7, 11) is 0. The predicted molar refractivity (Wildman–Crippen MR) is 65.7 cm³/mol. The number of phenols is 1. The lowest BCUT2D eigenvalue weighted by molar-refractivity contribution is 0.475. The number of benzene rings is 1. The molecule has 16 heavy (non-hydrogen) atoms. The molecule has 80 valence electrons. The molecule has 0 radical (unpaired) electrons. The monoisotopic (exact) mass is 212 g/mol. The molecule has 2 rings (SSSR count). The largest absolute Gasteiger partial charge is 0.508 e. The van der Waals surface area contributed by atoms with Crippen molar-refractivity contribution in [2.75, 3.05) is 5.73 Å². The number of nitrogen functional groups attached to an aromatic ring is 1. The van der Waals surface area contributed by atoms with Crippen LogP contribution in [0.4, 0.5) is 5.69 Å². The number of nitrogens with zero attached hydrogens (tertiary/aromatic N) is 1. The van der Waals surface area contributed by atoms with Crippen LogP contribution in [0.15, 0.2) is 42.6 Å². The van der Waals surface area contributed by atoms with E-state index in [2.05, 4.69) is 4.98 Å². The standard InChI is InChI=1S/C13H12N2O/c14-12-2-1-9-15-13(12)8-5-10-3-6-11(16)7-4-10/h1-9,16H,14H2. The minimum Gasteiger partial charge on any atom is -0.508 e. The number of aromatic hydroxyl groups is 1. The zero-order chi connectivity index (χ0) is 11.4. The van der Waals surface area contributed by atoms with E-state index in [1.807, 2.05) is 30.4 Å². The van der Waals surface area contributed by atoms with Gasteiger partial charge in [0.1, 0.15) is 5.75 Å². The fourth-order valence-corrected chi connectivity index (χ4v) is 1.33. The molecule has 3 N–H and O–H groups in total. The first-order valence-corrected chi connectivity index (χ1v) is 4.93. The summed E-state index contributed by atoms with van der Waals surface area (Å²) >= 11 is 0. The smallest absolute Gasteiger partial charge is 0.115 e. The van der Waals surface area contributed by atoms with Gasteiger partial charge >= 0.3 is 0 Å². The van der Waals surface area contributed by atoms with E-state index >= 15 is 0 Å². The third-order valence-electron chi connectivity index (χ3n) is 2.20. The van der Waals surface area contributed by atoms with E-state index in [1.54, 1.807) is 24.4 Å². The number of hydrogen-bond donors (Lipinski definition) is 2. The third kappa shape index (κ3) is 2.39. The highest BCUT2D eigenvalue weighted by Gasteiger charge is 1.93. The van der Waals surface area contributed by atoms with Crippen molar-refractivity contribution in [3.8, 4) is 5.75 Å². The van der Waals surface area contributed by atoms with Gasteiger partial charge in [-0.25, -0.2) is 0 Å². The molecule has 0 saturated carbocycles. The molecule has 0 aliphatic heterocycles. The molecule has 0 aliphatic rings. The molecular formula is C13H12N2O. The first-order chi connectivity index (χ1) is 7.75. The zero-order valence-electron chi connectivity index (χ0n) is 8.67. The van der Waals surface area contributed by atoms with E-state index in [9.17, 15) is 0 Å². The lowest BCUT2D eigenvalue weighted by atomic mass is 10.2. The molecule has 1 heterocycles. The average molecular weight is 212 g/mol. The second-order valence-electron chi connectivity index (χ2n) is 3.40. The Kier molecular flexibility index (Phi) is 2.87. The van der Waals surface area contributed by atoms with Crippen molar-refractivity contribution >= 4 is 17.8 Å². The fourth-order valence-electron chi connectivity index (χ4n) is 1.33. The summed E-state index contributed by atoms with van der Waals surface area (Å²) in [6, 6.07) is 10.5. The average Bonchev–Trinajstić information content (AvgIpc) is 2.30. The van der Waals surface area contributed by atoms with Crippen LogP contribution in [0, 0.1) is 0 Å². The van der Waals surface area contributed by atoms with Gasteiger partial charge in [0, 0.05) is 6.20 Å². The highest BCUT2D eigenvalue weighted by atomic mass is 16.3. The van der Waals surface area contributed by atoms with E-state index in [0.717, 1.165) is 11.3 Å². The van der Waals surface area contributed by atoms with Gasteiger partial charge in [0.2, 0.25) is 0 Å². The number of aromatic nitrogens is 1. The Morgan fingerprint density at radius 1 is 1.06 bits per heavy atom. The van der Waals surface area contributed by atoms with Crippen molar-refractivity contribution < 1.29 is 5.11 Å². The molecule has 0 unspecified atom stereocenters. The van der Waals surface area contributed by atoms with Gasteiger partial charge in [0.05, 0.1) is 11.4 Å². The number of rotatable bonds is 2. The molecule has 0 spiro atoms. The zero-order valence-corrected chi connectivity index (χ0v) is 8.67. The second-order valence-corrected chi connectivity index (χ2v) is 3.40. The topological polar surface area (TPSA) is 59.1 Å². The Labute approximate surface area is 93.9 Å². The van der Waals surface area contributed by atoms with Gasteiger partial charge in [-0.1, -0.05) is 18.2 Å². The molecular weight excluding hydrogens is 200 g/mol. The molecule has 0 fully saturated rings. The van der Waals surface area contributed by atoms with Gasteiger partial charge in [-0.05, 0) is 35.9 Å². The van der Waals surface area contributed by atoms with E-state index in [1.165, 1.54) is 0 Å². The summed E-state index contributed by atoms with van der Waals surface area (Å²) in [5.74, 6) is 0.259. The van der Waals surface area contributed by atoms with Crippen LogP contribution in [-0.4, -0.2) is 10.1 Å². The molecule has 3 heteroatoms. The number of anilines is 1. The van der Waals surface area contributed by atoms with Crippen LogP contribution in [0.2, 0.25) is 0 Å². The van der Waals surface area contributed by atoms with E-state index in [4.69, 9.17) is 10.8 Å². The summed E-state index contributed by atoms with van der Waals surface area (Å²) in [5, 5.41) is 9.13. The minimum absolute atomic E-state index is 0.259. The number of pyridine rings is 1. The van der Waals surface area contributed by atoms with Crippen LogP contribution < -0.4 is 5.73 Å². The maximum absolute atomic E-state index is 9.13. The quantitative estimate of drug-likeness (QED) is 0.804. The molecule has 0 atom stereocenters. The minimum atomic E-state index is 0.259. The molecule has 3 nitrogen and oxygen atoms in total. The Balaban J connectivity index is 2.21. The first kappa shape index (κ1) is 10.2. The molecule has 0 bridgehead atoms. The van der Waals surface area contributed by atoms with E-state index in [0.29, 0.717) is 5.69 Å². The number of phenolic OH excluding ortho intramolecular Hbond substituents is 1. The van der Waals surface area contributed by atoms with Crippen molar-refractivity contribution in [1.82, 2.24) is 4.98 Å². The van der Waals surface area contributed by atoms with Crippen LogP contribution in [0.3, 0.4) is 0 Å². The summed E-state index contributed by atoms with van der Waals surface area (Å²) < 4.78 is 0. The lowest BCUT2D eigenvalue weighted by Crippen LogP contribution is -1.90. The highest BCUT2D eigenvalue weighted by Crippen LogP contribution is 2.14. The Bertz CT molecular complexity index is 504. The second kappa shape index (κ2) is 4.49.